The molecule has 8 heteroatoms. The van der Waals surface area contributed by atoms with Crippen LogP contribution in [0.5, 0.6) is 0 Å². The van der Waals surface area contributed by atoms with E-state index in [2.05, 4.69) is 121 Å². The van der Waals surface area contributed by atoms with Crippen LogP contribution in [0.15, 0.2) is 91.0 Å². The molecule has 1 heterocycles. The fourth-order valence-corrected chi connectivity index (χ4v) is 11.8. The van der Waals surface area contributed by atoms with Gasteiger partial charge in [0.15, 0.2) is 0 Å². The number of hydrogen-bond acceptors (Lipinski definition) is 6. The van der Waals surface area contributed by atoms with E-state index in [1.165, 1.54) is 46.4 Å². The van der Waals surface area contributed by atoms with E-state index in [0.717, 1.165) is 0 Å². The SMILES string of the molecule is CC1(CC[P+](c2ccccc2)(c2ccccc2)c2ccccc2)SCCCS1.[O-][Cl+3]([O-])([O-])[O-]. The van der Waals surface area contributed by atoms with E-state index in [9.17, 15) is 0 Å². The van der Waals surface area contributed by atoms with Crippen molar-refractivity contribution < 1.29 is 28.9 Å². The number of benzene rings is 3. The second-order valence-electron chi connectivity index (χ2n) is 7.85. The van der Waals surface area contributed by atoms with Crippen molar-refractivity contribution in [2.75, 3.05) is 17.7 Å². The molecule has 3 aromatic rings. The first-order chi connectivity index (χ1) is 15.7. The van der Waals surface area contributed by atoms with Crippen LogP contribution in [-0.2, 0) is 0 Å². The molecule has 33 heavy (non-hydrogen) atoms. The van der Waals surface area contributed by atoms with Crippen molar-refractivity contribution in [2.24, 2.45) is 0 Å². The summed E-state index contributed by atoms with van der Waals surface area (Å²) in [5, 5.41) is 4.51. The Hall–Kier alpha value is -1.08. The summed E-state index contributed by atoms with van der Waals surface area (Å²) in [6, 6.07) is 33.8. The zero-order chi connectivity index (χ0) is 23.8. The summed E-state index contributed by atoms with van der Waals surface area (Å²) >= 11 is 4.35. The van der Waals surface area contributed by atoms with E-state index < -0.39 is 17.5 Å². The Bertz CT molecular complexity index is 863. The molecular formula is C25H28ClO4PS2. The molecule has 0 aliphatic carbocycles. The lowest BCUT2D eigenvalue weighted by Gasteiger charge is -2.35. The van der Waals surface area contributed by atoms with Crippen molar-refractivity contribution in [1.29, 1.82) is 0 Å². The maximum atomic E-state index is 8.49. The van der Waals surface area contributed by atoms with Crippen LogP contribution in [0.2, 0.25) is 0 Å². The lowest BCUT2D eigenvalue weighted by molar-refractivity contribution is -2.00. The quantitative estimate of drug-likeness (QED) is 0.452. The summed E-state index contributed by atoms with van der Waals surface area (Å²) in [4.78, 5) is 0. The molecule has 0 amide bonds. The van der Waals surface area contributed by atoms with E-state index in [1.807, 2.05) is 0 Å². The average molecular weight is 523 g/mol. The minimum absolute atomic E-state index is 0.335. The molecule has 176 valence electrons. The lowest BCUT2D eigenvalue weighted by atomic mass is 10.3. The third-order valence-electron chi connectivity index (χ3n) is 5.60. The van der Waals surface area contributed by atoms with Crippen molar-refractivity contribution in [2.45, 2.75) is 23.8 Å². The molecule has 1 fully saturated rings. The third-order valence-corrected chi connectivity index (χ3v) is 13.4. The van der Waals surface area contributed by atoms with Gasteiger partial charge in [0.25, 0.3) is 0 Å². The summed E-state index contributed by atoms with van der Waals surface area (Å²) in [6.07, 6.45) is 3.82. The Morgan fingerprint density at radius 1 is 0.697 bits per heavy atom. The Kier molecular flexibility index (Phi) is 9.69. The van der Waals surface area contributed by atoms with Gasteiger partial charge in [0.1, 0.15) is 23.2 Å². The maximum Gasteiger partial charge on any atom is 0.112 e. The molecule has 0 atom stereocenters. The second kappa shape index (κ2) is 12.1. The van der Waals surface area contributed by atoms with Gasteiger partial charge in [-0.2, -0.15) is 0 Å². The molecule has 1 aliphatic rings. The minimum atomic E-state index is -4.94. The molecular weight excluding hydrogens is 495 g/mol. The Morgan fingerprint density at radius 2 is 1.03 bits per heavy atom. The van der Waals surface area contributed by atoms with Gasteiger partial charge in [-0.15, -0.1) is 33.8 Å². The molecule has 0 spiro atoms. The highest BCUT2D eigenvalue weighted by molar-refractivity contribution is 8.18. The minimum Gasteiger partial charge on any atom is -0.222 e. The smallest absolute Gasteiger partial charge is 0.112 e. The van der Waals surface area contributed by atoms with Gasteiger partial charge in [-0.1, -0.05) is 54.6 Å². The number of halogens is 1. The van der Waals surface area contributed by atoms with Gasteiger partial charge in [-0.05, 0) is 61.2 Å². The second-order valence-corrected chi connectivity index (χ2v) is 15.7. The molecule has 0 saturated carbocycles. The van der Waals surface area contributed by atoms with Crippen molar-refractivity contribution in [1.82, 2.24) is 0 Å². The zero-order valence-electron chi connectivity index (χ0n) is 18.5. The molecule has 0 N–H and O–H groups in total. The summed E-state index contributed by atoms with van der Waals surface area (Å²) in [5.74, 6) is 2.61. The van der Waals surface area contributed by atoms with Crippen LogP contribution in [0, 0.1) is 10.2 Å². The summed E-state index contributed by atoms with van der Waals surface area (Å²) in [5.41, 5.74) is 0. The summed E-state index contributed by atoms with van der Waals surface area (Å²) in [6.45, 7) is 2.47. The van der Waals surface area contributed by atoms with Crippen molar-refractivity contribution >= 4 is 46.7 Å². The van der Waals surface area contributed by atoms with Crippen LogP contribution in [0.1, 0.15) is 19.8 Å². The van der Waals surface area contributed by atoms with Crippen molar-refractivity contribution in [3.05, 3.63) is 91.0 Å². The van der Waals surface area contributed by atoms with Crippen LogP contribution in [0.4, 0.5) is 0 Å². The van der Waals surface area contributed by atoms with Crippen LogP contribution in [0.3, 0.4) is 0 Å². The Labute approximate surface area is 207 Å². The van der Waals surface area contributed by atoms with Gasteiger partial charge in [0, 0.05) is 6.42 Å². The molecule has 4 nitrogen and oxygen atoms in total. The van der Waals surface area contributed by atoms with Gasteiger partial charge in [0.2, 0.25) is 0 Å². The highest BCUT2D eigenvalue weighted by Gasteiger charge is 2.46. The van der Waals surface area contributed by atoms with E-state index >= 15 is 0 Å². The molecule has 4 rings (SSSR count). The molecule has 0 radical (unpaired) electrons. The Balaban J connectivity index is 0.000000555. The van der Waals surface area contributed by atoms with Gasteiger partial charge >= 0.3 is 0 Å². The topological polar surface area (TPSA) is 92.2 Å². The molecule has 3 aromatic carbocycles. The number of hydrogen-bond donors (Lipinski definition) is 0. The van der Waals surface area contributed by atoms with E-state index in [4.69, 9.17) is 18.6 Å². The highest BCUT2D eigenvalue weighted by Crippen LogP contribution is 2.58. The van der Waals surface area contributed by atoms with E-state index in [-0.39, 0.29) is 0 Å². The third kappa shape index (κ3) is 7.71. The van der Waals surface area contributed by atoms with Crippen molar-refractivity contribution in [3.8, 4) is 0 Å². The zero-order valence-corrected chi connectivity index (χ0v) is 21.8. The maximum absolute atomic E-state index is 8.49. The fraction of sp³-hybridized carbons (Fsp3) is 0.280. The predicted molar refractivity (Wildman–Crippen MR) is 133 cm³/mol. The Morgan fingerprint density at radius 3 is 1.36 bits per heavy atom. The predicted octanol–water partition coefficient (Wildman–Crippen LogP) is 1.20. The van der Waals surface area contributed by atoms with Crippen LogP contribution in [0.25, 0.3) is 0 Å². The summed E-state index contributed by atoms with van der Waals surface area (Å²) < 4.78 is 34.3. The monoisotopic (exact) mass is 522 g/mol. The van der Waals surface area contributed by atoms with E-state index in [0.29, 0.717) is 4.08 Å². The standard InChI is InChI=1S/C25H28PS2.ClHO4/c1-25(27-20-11-21-28-25)18-19-26(22-12-5-2-6-13-22,23-14-7-3-8-15-23)24-16-9-4-10-17-24;2-1(3,4)5/h2-10,12-17H,11,18-21H2,1H3;(H,2,3,4,5)/q+1;/p-1. The molecule has 0 aromatic heterocycles. The van der Waals surface area contributed by atoms with E-state index in [1.54, 1.807) is 0 Å². The lowest BCUT2D eigenvalue weighted by Crippen LogP contribution is -2.68. The van der Waals surface area contributed by atoms with Gasteiger partial charge in [0.05, 0.1) is 10.2 Å². The van der Waals surface area contributed by atoms with Crippen LogP contribution < -0.4 is 34.5 Å². The number of thioether (sulfide) groups is 2. The summed E-state index contributed by atoms with van der Waals surface area (Å²) in [7, 11) is -6.63. The van der Waals surface area contributed by atoms with Gasteiger partial charge < -0.3 is 0 Å². The van der Waals surface area contributed by atoms with Crippen molar-refractivity contribution in [3.63, 3.8) is 0 Å². The average Bonchev–Trinajstić information content (AvgIpc) is 2.81. The van der Waals surface area contributed by atoms with Crippen LogP contribution >= 0.6 is 30.8 Å². The largest absolute Gasteiger partial charge is 0.222 e. The van der Waals surface area contributed by atoms with Crippen LogP contribution in [-0.4, -0.2) is 21.7 Å². The normalized spacial score (nSPS) is 15.9. The first kappa shape index (κ1) is 26.5. The molecule has 0 bridgehead atoms. The van der Waals surface area contributed by atoms with Gasteiger partial charge in [-0.3, -0.25) is 0 Å². The molecule has 1 aliphatic heterocycles. The number of rotatable bonds is 6. The first-order valence-electron chi connectivity index (χ1n) is 10.7. The van der Waals surface area contributed by atoms with Gasteiger partial charge in [-0.25, -0.2) is 18.6 Å². The first-order valence-corrected chi connectivity index (χ1v) is 15.9. The molecule has 1 saturated heterocycles. The highest BCUT2D eigenvalue weighted by atomic mass is 35.7. The molecule has 0 unspecified atom stereocenters. The fourth-order valence-electron chi connectivity index (χ4n) is 4.07.